The van der Waals surface area contributed by atoms with E-state index in [4.69, 9.17) is 0 Å². The predicted molar refractivity (Wildman–Crippen MR) is 83.6 cm³/mol. The Bertz CT molecular complexity index is 497. The highest BCUT2D eigenvalue weighted by atomic mass is 79.9. The Morgan fingerprint density at radius 3 is 2.95 bits per heavy atom. The number of rotatable bonds is 4. The Kier molecular flexibility index (Phi) is 4.41. The van der Waals surface area contributed by atoms with Crippen molar-refractivity contribution in [2.24, 2.45) is 0 Å². The van der Waals surface area contributed by atoms with Crippen LogP contribution in [0.4, 0.5) is 0 Å². The number of carbonyl (C=O) groups is 1. The van der Waals surface area contributed by atoms with E-state index in [1.54, 1.807) is 0 Å². The molecule has 4 heteroatoms. The second-order valence-corrected chi connectivity index (χ2v) is 6.55. The van der Waals surface area contributed by atoms with E-state index in [1.807, 2.05) is 4.90 Å². The van der Waals surface area contributed by atoms with Gasteiger partial charge in [-0.25, -0.2) is 0 Å². The first kappa shape index (κ1) is 14.1. The number of amides is 1. The molecule has 20 heavy (non-hydrogen) atoms. The molecule has 1 aliphatic heterocycles. The number of hydrogen-bond acceptors (Lipinski definition) is 2. The molecule has 1 heterocycles. The molecule has 1 fully saturated rings. The lowest BCUT2D eigenvalue weighted by Gasteiger charge is -2.17. The van der Waals surface area contributed by atoms with Crippen molar-refractivity contribution in [2.45, 2.75) is 38.1 Å². The topological polar surface area (TPSA) is 32.3 Å². The molecule has 108 valence electrons. The number of hydrogen-bond donors (Lipinski definition) is 1. The quantitative estimate of drug-likeness (QED) is 0.916. The van der Waals surface area contributed by atoms with Gasteiger partial charge in [0, 0.05) is 36.6 Å². The van der Waals surface area contributed by atoms with Gasteiger partial charge in [-0.1, -0.05) is 28.1 Å². The van der Waals surface area contributed by atoms with Crippen LogP contribution in [0.25, 0.3) is 0 Å². The highest BCUT2D eigenvalue weighted by molar-refractivity contribution is 9.10. The van der Waals surface area contributed by atoms with Gasteiger partial charge in [-0.3, -0.25) is 4.79 Å². The fraction of sp³-hybridized carbons (Fsp3) is 0.562. The molecule has 0 aromatic heterocycles. The van der Waals surface area contributed by atoms with Gasteiger partial charge in [0.1, 0.15) is 0 Å². The van der Waals surface area contributed by atoms with Crippen LogP contribution in [0.1, 0.15) is 42.9 Å². The smallest absolute Gasteiger partial charge is 0.223 e. The zero-order chi connectivity index (χ0) is 13.9. The maximum Gasteiger partial charge on any atom is 0.223 e. The monoisotopic (exact) mass is 336 g/mol. The molecule has 1 atom stereocenters. The number of nitrogens with zero attached hydrogens (tertiary/aromatic N) is 1. The third-order valence-corrected chi connectivity index (χ3v) is 5.14. The normalized spacial score (nSPS) is 21.2. The summed E-state index contributed by atoms with van der Waals surface area (Å²) in [5.41, 5.74) is 2.82. The standard InChI is InChI=1S/C16H21BrN2O/c17-14-5-3-4-13-12(14)6-7-15(13)18-9-8-16(20)19-10-1-2-11-19/h3-5,15,18H,1-2,6-11H2. The van der Waals surface area contributed by atoms with Crippen molar-refractivity contribution in [3.05, 3.63) is 33.8 Å². The van der Waals surface area contributed by atoms with Crippen molar-refractivity contribution in [1.82, 2.24) is 10.2 Å². The molecule has 0 saturated carbocycles. The summed E-state index contributed by atoms with van der Waals surface area (Å²) in [4.78, 5) is 14.0. The van der Waals surface area contributed by atoms with Crippen LogP contribution in [0.2, 0.25) is 0 Å². The lowest BCUT2D eigenvalue weighted by Crippen LogP contribution is -2.31. The Morgan fingerprint density at radius 1 is 1.35 bits per heavy atom. The van der Waals surface area contributed by atoms with Crippen molar-refractivity contribution >= 4 is 21.8 Å². The molecule has 1 aromatic carbocycles. The van der Waals surface area contributed by atoms with E-state index >= 15 is 0 Å². The van der Waals surface area contributed by atoms with Gasteiger partial charge in [-0.15, -0.1) is 0 Å². The summed E-state index contributed by atoms with van der Waals surface area (Å²) >= 11 is 3.62. The average molecular weight is 337 g/mol. The van der Waals surface area contributed by atoms with Gasteiger partial charge in [0.15, 0.2) is 0 Å². The summed E-state index contributed by atoms with van der Waals surface area (Å²) in [6.07, 6.45) is 5.22. The number of nitrogens with one attached hydrogen (secondary N) is 1. The van der Waals surface area contributed by atoms with Crippen LogP contribution in [0.3, 0.4) is 0 Å². The number of carbonyl (C=O) groups excluding carboxylic acids is 1. The van der Waals surface area contributed by atoms with Crippen molar-refractivity contribution in [3.8, 4) is 0 Å². The molecule has 1 unspecified atom stereocenters. The number of fused-ring (bicyclic) bond motifs is 1. The van der Waals surface area contributed by atoms with E-state index in [-0.39, 0.29) is 0 Å². The second kappa shape index (κ2) is 6.27. The molecule has 0 spiro atoms. The van der Waals surface area contributed by atoms with E-state index in [2.05, 4.69) is 39.4 Å². The van der Waals surface area contributed by atoms with Crippen LogP contribution in [0, 0.1) is 0 Å². The van der Waals surface area contributed by atoms with Gasteiger partial charge >= 0.3 is 0 Å². The van der Waals surface area contributed by atoms with Crippen molar-refractivity contribution in [3.63, 3.8) is 0 Å². The maximum atomic E-state index is 12.0. The SMILES string of the molecule is O=C(CCNC1CCc2c(Br)cccc21)N1CCCC1. The molecule has 2 aliphatic rings. The number of halogens is 1. The zero-order valence-electron chi connectivity index (χ0n) is 11.7. The van der Waals surface area contributed by atoms with Gasteiger partial charge in [0.2, 0.25) is 5.91 Å². The summed E-state index contributed by atoms with van der Waals surface area (Å²) in [6, 6.07) is 6.82. The molecular formula is C16H21BrN2O. The summed E-state index contributed by atoms with van der Waals surface area (Å²) in [7, 11) is 0. The Morgan fingerprint density at radius 2 is 2.15 bits per heavy atom. The van der Waals surface area contributed by atoms with E-state index in [9.17, 15) is 4.79 Å². The van der Waals surface area contributed by atoms with E-state index < -0.39 is 0 Å². The Balaban J connectivity index is 1.51. The molecule has 0 bridgehead atoms. The molecule has 3 nitrogen and oxygen atoms in total. The van der Waals surface area contributed by atoms with Gasteiger partial charge < -0.3 is 10.2 Å². The first-order chi connectivity index (χ1) is 9.75. The predicted octanol–water partition coefficient (Wildman–Crippen LogP) is 3.04. The van der Waals surface area contributed by atoms with Crippen LogP contribution < -0.4 is 5.32 Å². The maximum absolute atomic E-state index is 12.0. The van der Waals surface area contributed by atoms with Gasteiger partial charge in [0.25, 0.3) is 0 Å². The highest BCUT2D eigenvalue weighted by Gasteiger charge is 2.24. The molecule has 0 radical (unpaired) electrons. The van der Waals surface area contributed by atoms with Crippen molar-refractivity contribution in [2.75, 3.05) is 19.6 Å². The lowest BCUT2D eigenvalue weighted by atomic mass is 10.1. The largest absolute Gasteiger partial charge is 0.343 e. The summed E-state index contributed by atoms with van der Waals surface area (Å²) in [5.74, 6) is 0.308. The minimum Gasteiger partial charge on any atom is -0.343 e. The Labute approximate surface area is 128 Å². The van der Waals surface area contributed by atoms with Gasteiger partial charge in [-0.05, 0) is 42.9 Å². The minimum atomic E-state index is 0.308. The first-order valence-electron chi connectivity index (χ1n) is 7.54. The molecule has 1 amide bonds. The molecular weight excluding hydrogens is 316 g/mol. The third kappa shape index (κ3) is 2.91. The zero-order valence-corrected chi connectivity index (χ0v) is 13.3. The Hall–Kier alpha value is -0.870. The highest BCUT2D eigenvalue weighted by Crippen LogP contribution is 2.35. The van der Waals surface area contributed by atoms with Crippen LogP contribution in [0.15, 0.2) is 22.7 Å². The number of likely N-dealkylation sites (tertiary alicyclic amines) is 1. The number of benzene rings is 1. The van der Waals surface area contributed by atoms with E-state index in [0.717, 1.165) is 32.5 Å². The lowest BCUT2D eigenvalue weighted by molar-refractivity contribution is -0.130. The molecule has 1 N–H and O–H groups in total. The van der Waals surface area contributed by atoms with Gasteiger partial charge in [-0.2, -0.15) is 0 Å². The summed E-state index contributed by atoms with van der Waals surface area (Å²) < 4.78 is 1.22. The summed E-state index contributed by atoms with van der Waals surface area (Å²) in [6.45, 7) is 2.70. The van der Waals surface area contributed by atoms with Crippen molar-refractivity contribution in [1.29, 1.82) is 0 Å². The van der Waals surface area contributed by atoms with E-state index in [0.29, 0.717) is 18.4 Å². The fourth-order valence-electron chi connectivity index (χ4n) is 3.30. The van der Waals surface area contributed by atoms with Crippen molar-refractivity contribution < 1.29 is 4.79 Å². The molecule has 3 rings (SSSR count). The summed E-state index contributed by atoms with van der Waals surface area (Å²) in [5, 5.41) is 3.55. The minimum absolute atomic E-state index is 0.308. The third-order valence-electron chi connectivity index (χ3n) is 4.40. The van der Waals surface area contributed by atoms with Gasteiger partial charge in [0.05, 0.1) is 0 Å². The molecule has 1 aliphatic carbocycles. The van der Waals surface area contributed by atoms with Crippen LogP contribution in [-0.2, 0) is 11.2 Å². The van der Waals surface area contributed by atoms with Crippen LogP contribution >= 0.6 is 15.9 Å². The van der Waals surface area contributed by atoms with E-state index in [1.165, 1.54) is 28.4 Å². The second-order valence-electron chi connectivity index (χ2n) is 5.69. The average Bonchev–Trinajstić information content (AvgIpc) is 3.09. The van der Waals surface area contributed by atoms with Crippen LogP contribution in [0.5, 0.6) is 0 Å². The first-order valence-corrected chi connectivity index (χ1v) is 8.33. The molecule has 1 saturated heterocycles. The molecule has 1 aromatic rings. The fourth-order valence-corrected chi connectivity index (χ4v) is 3.88. The van der Waals surface area contributed by atoms with Crippen LogP contribution in [-0.4, -0.2) is 30.4 Å².